The standard InChI is InChI=1S/C20H16BrNO3/c1-13(2)12-24-17-8-6-14(7-9-17)10-18-20(23)25-19(22-18)15-4-3-5-16(21)11-15/h3-11H,1,12H2,2H3. The minimum Gasteiger partial charge on any atom is -0.489 e. The van der Waals surface area contributed by atoms with E-state index in [1.54, 1.807) is 6.08 Å². The van der Waals surface area contributed by atoms with E-state index in [9.17, 15) is 4.79 Å². The summed E-state index contributed by atoms with van der Waals surface area (Å²) in [6, 6.07) is 14.9. The molecule has 0 saturated heterocycles. The first-order valence-electron chi connectivity index (χ1n) is 7.67. The largest absolute Gasteiger partial charge is 0.489 e. The summed E-state index contributed by atoms with van der Waals surface area (Å²) in [6.45, 7) is 6.19. The second kappa shape index (κ2) is 7.49. The number of aliphatic imine (C=N–C) groups is 1. The van der Waals surface area contributed by atoms with Crippen LogP contribution in [0.2, 0.25) is 0 Å². The van der Waals surface area contributed by atoms with E-state index >= 15 is 0 Å². The third-order valence-electron chi connectivity index (χ3n) is 3.36. The van der Waals surface area contributed by atoms with Gasteiger partial charge in [-0.2, -0.15) is 0 Å². The summed E-state index contributed by atoms with van der Waals surface area (Å²) < 4.78 is 11.7. The summed E-state index contributed by atoms with van der Waals surface area (Å²) in [5.74, 6) is 0.592. The van der Waals surface area contributed by atoms with Crippen LogP contribution in [0.5, 0.6) is 5.75 Å². The Bertz CT molecular complexity index is 882. The van der Waals surface area contributed by atoms with Crippen LogP contribution in [0.25, 0.3) is 6.08 Å². The molecule has 1 aliphatic rings. The Balaban J connectivity index is 1.78. The maximum absolute atomic E-state index is 12.0. The van der Waals surface area contributed by atoms with Gasteiger partial charge in [-0.3, -0.25) is 0 Å². The SMILES string of the molecule is C=C(C)COc1ccc(C=C2N=C(c3cccc(Br)c3)OC2=O)cc1. The predicted octanol–water partition coefficient (Wildman–Crippen LogP) is 4.75. The molecule has 2 aromatic carbocycles. The molecule has 3 rings (SSSR count). The van der Waals surface area contributed by atoms with Crippen molar-refractivity contribution in [2.24, 2.45) is 4.99 Å². The first kappa shape index (κ1) is 17.2. The van der Waals surface area contributed by atoms with Crippen LogP contribution in [0, 0.1) is 0 Å². The van der Waals surface area contributed by atoms with Crippen molar-refractivity contribution in [1.82, 2.24) is 0 Å². The number of carbonyl (C=O) groups excluding carboxylic acids is 1. The number of benzene rings is 2. The highest BCUT2D eigenvalue weighted by Gasteiger charge is 2.24. The molecule has 0 atom stereocenters. The molecule has 0 unspecified atom stereocenters. The number of halogens is 1. The highest BCUT2D eigenvalue weighted by Crippen LogP contribution is 2.22. The molecule has 0 aliphatic carbocycles. The molecule has 126 valence electrons. The molecule has 0 bridgehead atoms. The molecule has 2 aromatic rings. The zero-order valence-corrected chi connectivity index (χ0v) is 15.2. The van der Waals surface area contributed by atoms with E-state index in [0.29, 0.717) is 12.5 Å². The number of esters is 1. The van der Waals surface area contributed by atoms with Crippen LogP contribution in [-0.2, 0) is 9.53 Å². The molecule has 1 heterocycles. The fourth-order valence-corrected chi connectivity index (χ4v) is 2.58. The molecule has 0 spiro atoms. The zero-order chi connectivity index (χ0) is 17.8. The van der Waals surface area contributed by atoms with Crippen LogP contribution < -0.4 is 4.74 Å². The third kappa shape index (κ3) is 4.45. The smallest absolute Gasteiger partial charge is 0.363 e. The molecule has 0 radical (unpaired) electrons. The maximum atomic E-state index is 12.0. The van der Waals surface area contributed by atoms with Crippen LogP contribution in [0.4, 0.5) is 0 Å². The second-order valence-electron chi connectivity index (χ2n) is 5.66. The third-order valence-corrected chi connectivity index (χ3v) is 3.85. The van der Waals surface area contributed by atoms with Crippen molar-refractivity contribution in [3.8, 4) is 5.75 Å². The summed E-state index contributed by atoms with van der Waals surface area (Å²) in [7, 11) is 0. The summed E-state index contributed by atoms with van der Waals surface area (Å²) in [5.41, 5.74) is 2.81. The van der Waals surface area contributed by atoms with Crippen molar-refractivity contribution in [1.29, 1.82) is 0 Å². The average Bonchev–Trinajstić information content (AvgIpc) is 2.95. The van der Waals surface area contributed by atoms with E-state index in [-0.39, 0.29) is 5.70 Å². The number of ether oxygens (including phenoxy) is 2. The molecule has 25 heavy (non-hydrogen) atoms. The Morgan fingerprint density at radius 1 is 1.28 bits per heavy atom. The summed E-state index contributed by atoms with van der Waals surface area (Å²) in [4.78, 5) is 16.3. The summed E-state index contributed by atoms with van der Waals surface area (Å²) in [6.07, 6.45) is 1.69. The van der Waals surface area contributed by atoms with Gasteiger partial charge in [-0.25, -0.2) is 9.79 Å². The van der Waals surface area contributed by atoms with Crippen LogP contribution in [-0.4, -0.2) is 18.5 Å². The molecule has 0 N–H and O–H groups in total. The molecular formula is C20H16BrNO3. The first-order valence-corrected chi connectivity index (χ1v) is 8.46. The summed E-state index contributed by atoms with van der Waals surface area (Å²) >= 11 is 3.39. The van der Waals surface area contributed by atoms with Crippen molar-refractivity contribution in [3.05, 3.63) is 82.0 Å². The number of hydrogen-bond donors (Lipinski definition) is 0. The Labute approximate surface area is 154 Å². The fraction of sp³-hybridized carbons (Fsp3) is 0.100. The van der Waals surface area contributed by atoms with Gasteiger partial charge in [-0.1, -0.05) is 40.7 Å². The van der Waals surface area contributed by atoms with Crippen molar-refractivity contribution in [2.75, 3.05) is 6.61 Å². The lowest BCUT2D eigenvalue weighted by Crippen LogP contribution is -2.05. The number of carbonyl (C=O) groups is 1. The van der Waals surface area contributed by atoms with E-state index in [4.69, 9.17) is 9.47 Å². The monoisotopic (exact) mass is 397 g/mol. The van der Waals surface area contributed by atoms with Gasteiger partial charge in [-0.15, -0.1) is 0 Å². The molecule has 4 nitrogen and oxygen atoms in total. The van der Waals surface area contributed by atoms with Gasteiger partial charge in [-0.05, 0) is 54.5 Å². The molecule has 0 amide bonds. The van der Waals surface area contributed by atoms with Gasteiger partial charge in [0, 0.05) is 10.0 Å². The lowest BCUT2D eigenvalue weighted by Gasteiger charge is -2.05. The number of cyclic esters (lactones) is 1. The number of hydrogen-bond acceptors (Lipinski definition) is 4. The number of nitrogens with zero attached hydrogens (tertiary/aromatic N) is 1. The van der Waals surface area contributed by atoms with Gasteiger partial charge >= 0.3 is 5.97 Å². The molecule has 0 aromatic heterocycles. The minimum absolute atomic E-state index is 0.269. The van der Waals surface area contributed by atoms with Crippen molar-refractivity contribution in [2.45, 2.75) is 6.92 Å². The van der Waals surface area contributed by atoms with E-state index in [0.717, 1.165) is 26.9 Å². The first-order chi connectivity index (χ1) is 12.0. The Morgan fingerprint density at radius 2 is 2.04 bits per heavy atom. The topological polar surface area (TPSA) is 47.9 Å². The van der Waals surface area contributed by atoms with E-state index in [1.165, 1.54) is 0 Å². The van der Waals surface area contributed by atoms with Gasteiger partial charge in [0.1, 0.15) is 12.4 Å². The zero-order valence-electron chi connectivity index (χ0n) is 13.7. The maximum Gasteiger partial charge on any atom is 0.363 e. The van der Waals surface area contributed by atoms with Crippen LogP contribution >= 0.6 is 15.9 Å². The Kier molecular flexibility index (Phi) is 5.14. The summed E-state index contributed by atoms with van der Waals surface area (Å²) in [5, 5.41) is 0. The average molecular weight is 398 g/mol. The molecule has 0 saturated carbocycles. The van der Waals surface area contributed by atoms with Gasteiger partial charge in [0.25, 0.3) is 0 Å². The molecular weight excluding hydrogens is 382 g/mol. The van der Waals surface area contributed by atoms with Crippen LogP contribution in [0.3, 0.4) is 0 Å². The molecule has 0 fully saturated rings. The lowest BCUT2D eigenvalue weighted by molar-refractivity contribution is -0.129. The fourth-order valence-electron chi connectivity index (χ4n) is 2.18. The quantitative estimate of drug-likeness (QED) is 0.415. The van der Waals surface area contributed by atoms with Crippen molar-refractivity contribution < 1.29 is 14.3 Å². The number of rotatable bonds is 5. The highest BCUT2D eigenvalue weighted by atomic mass is 79.9. The molecule has 5 heteroatoms. The Hall–Kier alpha value is -2.66. The van der Waals surface area contributed by atoms with E-state index in [1.807, 2.05) is 55.5 Å². The second-order valence-corrected chi connectivity index (χ2v) is 6.58. The van der Waals surface area contributed by atoms with Crippen LogP contribution in [0.15, 0.2) is 75.8 Å². The van der Waals surface area contributed by atoms with Gasteiger partial charge < -0.3 is 9.47 Å². The van der Waals surface area contributed by atoms with E-state index in [2.05, 4.69) is 27.5 Å². The normalized spacial score (nSPS) is 15.0. The van der Waals surface area contributed by atoms with Gasteiger partial charge in [0.2, 0.25) is 5.90 Å². The van der Waals surface area contributed by atoms with Gasteiger partial charge in [0.05, 0.1) is 0 Å². The lowest BCUT2D eigenvalue weighted by atomic mass is 10.2. The van der Waals surface area contributed by atoms with Crippen molar-refractivity contribution in [3.63, 3.8) is 0 Å². The van der Waals surface area contributed by atoms with Crippen LogP contribution in [0.1, 0.15) is 18.1 Å². The van der Waals surface area contributed by atoms with Gasteiger partial charge in [0.15, 0.2) is 5.70 Å². The Morgan fingerprint density at radius 3 is 2.72 bits per heavy atom. The highest BCUT2D eigenvalue weighted by molar-refractivity contribution is 9.10. The minimum atomic E-state index is -0.461. The van der Waals surface area contributed by atoms with Crippen molar-refractivity contribution >= 4 is 33.9 Å². The molecule has 1 aliphatic heterocycles. The predicted molar refractivity (Wildman–Crippen MR) is 101 cm³/mol. The van der Waals surface area contributed by atoms with E-state index < -0.39 is 5.97 Å².